The second kappa shape index (κ2) is 5.07. The van der Waals surface area contributed by atoms with Gasteiger partial charge in [0.15, 0.2) is 0 Å². The Balaban J connectivity index is 3.38. The quantitative estimate of drug-likeness (QED) is 0.634. The topological polar surface area (TPSA) is 104 Å². The first-order valence-electron chi connectivity index (χ1n) is 4.92. The normalized spacial score (nSPS) is 11.5. The number of hydrogen-bond acceptors (Lipinski definition) is 4. The molecule has 1 aromatic carbocycles. The Morgan fingerprint density at radius 2 is 2.29 bits per heavy atom. The first kappa shape index (κ1) is 12.6. The summed E-state index contributed by atoms with van der Waals surface area (Å²) in [6.45, 7) is 1.64. The summed E-state index contributed by atoms with van der Waals surface area (Å²) in [6, 6.07) is 5.60. The number of nitrogens with zero attached hydrogens (tertiary/aromatic N) is 2. The van der Waals surface area contributed by atoms with Crippen molar-refractivity contribution in [2.24, 2.45) is 0 Å². The Morgan fingerprint density at radius 3 is 2.71 bits per heavy atom. The maximum Gasteiger partial charge on any atom is 0.311 e. The third-order valence-corrected chi connectivity index (χ3v) is 2.44. The van der Waals surface area contributed by atoms with Gasteiger partial charge < -0.3 is 5.11 Å². The summed E-state index contributed by atoms with van der Waals surface area (Å²) in [5.74, 6) is -2.04. The van der Waals surface area contributed by atoms with Crippen LogP contribution in [0.15, 0.2) is 18.2 Å². The van der Waals surface area contributed by atoms with E-state index in [1.165, 1.54) is 12.1 Å². The van der Waals surface area contributed by atoms with Crippen molar-refractivity contribution in [3.8, 4) is 6.07 Å². The Hall–Kier alpha value is -2.42. The third-order valence-electron chi connectivity index (χ3n) is 2.44. The van der Waals surface area contributed by atoms with Crippen molar-refractivity contribution in [1.29, 1.82) is 5.26 Å². The lowest BCUT2D eigenvalue weighted by molar-refractivity contribution is -0.385. The van der Waals surface area contributed by atoms with Crippen molar-refractivity contribution in [1.82, 2.24) is 0 Å². The van der Waals surface area contributed by atoms with Crippen LogP contribution in [0.3, 0.4) is 0 Å². The number of benzene rings is 1. The van der Waals surface area contributed by atoms with Gasteiger partial charge in [0, 0.05) is 11.6 Å². The van der Waals surface area contributed by atoms with Crippen molar-refractivity contribution in [2.45, 2.75) is 19.3 Å². The molecule has 0 radical (unpaired) electrons. The van der Waals surface area contributed by atoms with Gasteiger partial charge in [0.2, 0.25) is 0 Å². The van der Waals surface area contributed by atoms with Gasteiger partial charge in [-0.3, -0.25) is 14.9 Å². The van der Waals surface area contributed by atoms with Crippen LogP contribution in [0.1, 0.15) is 30.4 Å². The highest BCUT2D eigenvalue weighted by Crippen LogP contribution is 2.29. The maximum atomic E-state index is 11.0. The van der Waals surface area contributed by atoms with E-state index in [2.05, 4.69) is 0 Å². The highest BCUT2D eigenvalue weighted by atomic mass is 16.6. The van der Waals surface area contributed by atoms with Crippen molar-refractivity contribution < 1.29 is 14.8 Å². The number of hydrogen-bond donors (Lipinski definition) is 1. The molecule has 1 N–H and O–H groups in total. The largest absolute Gasteiger partial charge is 0.481 e. The van der Waals surface area contributed by atoms with Gasteiger partial charge in [0.05, 0.1) is 22.5 Å². The van der Waals surface area contributed by atoms with Crippen LogP contribution in [0, 0.1) is 21.4 Å². The number of rotatable bonds is 4. The molecule has 0 aliphatic rings. The Morgan fingerprint density at radius 1 is 1.65 bits per heavy atom. The van der Waals surface area contributed by atoms with Gasteiger partial charge in [-0.2, -0.15) is 5.26 Å². The first-order valence-corrected chi connectivity index (χ1v) is 4.92. The number of nitro groups is 1. The second-order valence-electron chi connectivity index (χ2n) is 3.44. The second-order valence-corrected chi connectivity index (χ2v) is 3.44. The van der Waals surface area contributed by atoms with Crippen molar-refractivity contribution >= 4 is 11.7 Å². The average Bonchev–Trinajstić information content (AvgIpc) is 2.29. The first-order chi connectivity index (χ1) is 8.01. The Labute approximate surface area is 97.3 Å². The van der Waals surface area contributed by atoms with Crippen LogP contribution in [0.2, 0.25) is 0 Å². The van der Waals surface area contributed by atoms with Crippen LogP contribution in [0.5, 0.6) is 0 Å². The zero-order valence-electron chi connectivity index (χ0n) is 9.08. The molecule has 17 heavy (non-hydrogen) atoms. The van der Waals surface area contributed by atoms with Crippen LogP contribution in [-0.4, -0.2) is 16.0 Å². The highest BCUT2D eigenvalue weighted by Gasteiger charge is 2.26. The van der Waals surface area contributed by atoms with Gasteiger partial charge >= 0.3 is 5.97 Å². The number of aliphatic carboxylic acids is 1. The molecule has 1 aromatic rings. The lowest BCUT2D eigenvalue weighted by Gasteiger charge is -2.10. The third kappa shape index (κ3) is 2.58. The summed E-state index contributed by atoms with van der Waals surface area (Å²) in [5.41, 5.74) is -0.0528. The van der Waals surface area contributed by atoms with Crippen LogP contribution in [0.4, 0.5) is 5.69 Å². The fourth-order valence-electron chi connectivity index (χ4n) is 1.59. The van der Waals surface area contributed by atoms with Crippen LogP contribution in [-0.2, 0) is 4.79 Å². The van der Waals surface area contributed by atoms with Gasteiger partial charge in [-0.25, -0.2) is 0 Å². The fraction of sp³-hybridized carbons (Fsp3) is 0.273. The smallest absolute Gasteiger partial charge is 0.311 e. The molecule has 0 aliphatic carbocycles. The van der Waals surface area contributed by atoms with E-state index < -0.39 is 16.8 Å². The molecule has 0 saturated carbocycles. The van der Waals surface area contributed by atoms with Gasteiger partial charge in [-0.15, -0.1) is 0 Å². The van der Waals surface area contributed by atoms with Crippen LogP contribution < -0.4 is 0 Å². The lowest BCUT2D eigenvalue weighted by Crippen LogP contribution is -2.12. The maximum absolute atomic E-state index is 11.0. The van der Waals surface area contributed by atoms with Gasteiger partial charge in [-0.05, 0) is 18.6 Å². The van der Waals surface area contributed by atoms with Gasteiger partial charge in [0.1, 0.15) is 0 Å². The Bertz CT molecular complexity index is 505. The summed E-state index contributed by atoms with van der Waals surface area (Å²) in [5, 5.41) is 28.5. The van der Waals surface area contributed by atoms with E-state index in [1.54, 1.807) is 13.0 Å². The molecule has 1 rings (SSSR count). The molecule has 0 spiro atoms. The minimum atomic E-state index is -1.11. The SMILES string of the molecule is CCC(C(=O)O)c1ccc(C#N)cc1[N+](=O)[O-]. The zero-order valence-corrected chi connectivity index (χ0v) is 9.08. The highest BCUT2D eigenvalue weighted by molar-refractivity contribution is 5.78. The minimum absolute atomic E-state index is 0.129. The molecule has 0 amide bonds. The average molecular weight is 234 g/mol. The molecule has 6 nitrogen and oxygen atoms in total. The molecule has 0 bridgehead atoms. The summed E-state index contributed by atoms with van der Waals surface area (Å²) in [7, 11) is 0. The van der Waals surface area contributed by atoms with Crippen molar-refractivity contribution in [3.05, 3.63) is 39.4 Å². The molecule has 1 atom stereocenters. The predicted molar refractivity (Wildman–Crippen MR) is 58.5 cm³/mol. The molecule has 1 unspecified atom stereocenters. The molecule has 0 saturated heterocycles. The van der Waals surface area contributed by atoms with E-state index in [9.17, 15) is 14.9 Å². The number of carboxylic acid groups (broad SMARTS) is 1. The molecule has 0 aliphatic heterocycles. The molecule has 0 aromatic heterocycles. The molecule has 88 valence electrons. The number of carboxylic acids is 1. The molecule has 6 heteroatoms. The summed E-state index contributed by atoms with van der Waals surface area (Å²) >= 11 is 0. The van der Waals surface area contributed by atoms with Gasteiger partial charge in [0.25, 0.3) is 5.69 Å². The monoisotopic (exact) mass is 234 g/mol. The summed E-state index contributed by atoms with van der Waals surface area (Å²) in [4.78, 5) is 21.1. The number of nitro benzene ring substituents is 1. The van der Waals surface area contributed by atoms with Crippen molar-refractivity contribution in [3.63, 3.8) is 0 Å². The minimum Gasteiger partial charge on any atom is -0.481 e. The number of nitriles is 1. The van der Waals surface area contributed by atoms with E-state index >= 15 is 0 Å². The predicted octanol–water partition coefficient (Wildman–Crippen LogP) is 2.04. The standard InChI is InChI=1S/C11H10N2O4/c1-2-8(11(14)15)9-4-3-7(6-12)5-10(9)13(16)17/h3-5,8H,2H2,1H3,(H,14,15). The summed E-state index contributed by atoms with van der Waals surface area (Å²) < 4.78 is 0. The van der Waals surface area contributed by atoms with E-state index in [1.807, 2.05) is 0 Å². The van der Waals surface area contributed by atoms with E-state index in [0.29, 0.717) is 0 Å². The lowest BCUT2D eigenvalue weighted by atomic mass is 9.94. The van der Waals surface area contributed by atoms with Gasteiger partial charge in [-0.1, -0.05) is 6.92 Å². The van der Waals surface area contributed by atoms with Crippen LogP contribution in [0.25, 0.3) is 0 Å². The Kier molecular flexibility index (Phi) is 3.78. The molecule has 0 heterocycles. The fourth-order valence-corrected chi connectivity index (χ4v) is 1.59. The molecular formula is C11H10N2O4. The number of carbonyl (C=O) groups is 1. The summed E-state index contributed by atoms with van der Waals surface area (Å²) in [6.07, 6.45) is 0.252. The van der Waals surface area contributed by atoms with E-state index in [0.717, 1.165) is 6.07 Å². The van der Waals surface area contributed by atoms with Crippen LogP contribution >= 0.6 is 0 Å². The molecular weight excluding hydrogens is 224 g/mol. The van der Waals surface area contributed by atoms with Crippen molar-refractivity contribution in [2.75, 3.05) is 0 Å². The van der Waals surface area contributed by atoms with E-state index in [4.69, 9.17) is 10.4 Å². The zero-order chi connectivity index (χ0) is 13.0. The van der Waals surface area contributed by atoms with E-state index in [-0.39, 0.29) is 23.2 Å². The molecule has 0 fully saturated rings.